The first-order valence-electron chi connectivity index (χ1n) is 7.25. The van der Waals surface area contributed by atoms with E-state index < -0.39 is 0 Å². The van der Waals surface area contributed by atoms with Crippen LogP contribution < -0.4 is 0 Å². The van der Waals surface area contributed by atoms with E-state index in [1.165, 1.54) is 37.9 Å². The number of likely N-dealkylation sites (tertiary alicyclic amines) is 1. The number of hydrogen-bond acceptors (Lipinski definition) is 2. The third-order valence-corrected chi connectivity index (χ3v) is 3.74. The van der Waals surface area contributed by atoms with Crippen LogP contribution in [-0.2, 0) is 4.74 Å². The summed E-state index contributed by atoms with van der Waals surface area (Å²) in [6, 6.07) is 10.9. The van der Waals surface area contributed by atoms with Gasteiger partial charge >= 0.3 is 0 Å². The number of hydrogen-bond donors (Lipinski definition) is 0. The Labute approximate surface area is 111 Å². The van der Waals surface area contributed by atoms with Crippen molar-refractivity contribution in [2.75, 3.05) is 32.8 Å². The molecule has 1 aromatic rings. The number of nitrogens with zero attached hydrogens (tertiary/aromatic N) is 1. The summed E-state index contributed by atoms with van der Waals surface area (Å²) in [5.41, 5.74) is 1.49. The summed E-state index contributed by atoms with van der Waals surface area (Å²) in [6.45, 7) is 7.52. The fourth-order valence-electron chi connectivity index (χ4n) is 2.58. The first-order chi connectivity index (χ1) is 8.90. The number of ether oxygens (including phenoxy) is 1. The average Bonchev–Trinajstić information content (AvgIpc) is 2.88. The van der Waals surface area contributed by atoms with E-state index in [1.54, 1.807) is 0 Å². The lowest BCUT2D eigenvalue weighted by Gasteiger charge is -2.16. The highest BCUT2D eigenvalue weighted by atomic mass is 16.5. The van der Waals surface area contributed by atoms with E-state index in [1.807, 2.05) is 0 Å². The maximum absolute atomic E-state index is 5.64. The Morgan fingerprint density at radius 3 is 2.83 bits per heavy atom. The Hall–Kier alpha value is -0.860. The van der Waals surface area contributed by atoms with E-state index in [-0.39, 0.29) is 0 Å². The lowest BCUT2D eigenvalue weighted by molar-refractivity contribution is 0.108. The van der Waals surface area contributed by atoms with Gasteiger partial charge in [-0.3, -0.25) is 0 Å². The Kier molecular flexibility index (Phi) is 5.69. The first-order valence-corrected chi connectivity index (χ1v) is 7.25. The zero-order valence-electron chi connectivity index (χ0n) is 11.5. The standard InChI is InChI=1S/C16H25NO/c1-2-3-12-18-13-11-17-10-9-16(14-17)15-7-5-4-6-8-15/h4-8,16H,2-3,9-14H2,1H3. The largest absolute Gasteiger partial charge is 0.380 e. The summed E-state index contributed by atoms with van der Waals surface area (Å²) in [6.07, 6.45) is 3.70. The molecule has 1 heterocycles. The molecule has 0 N–H and O–H groups in total. The smallest absolute Gasteiger partial charge is 0.0593 e. The Morgan fingerprint density at radius 1 is 1.22 bits per heavy atom. The maximum atomic E-state index is 5.64. The lowest BCUT2D eigenvalue weighted by Crippen LogP contribution is -2.25. The monoisotopic (exact) mass is 247 g/mol. The molecule has 0 aromatic heterocycles. The van der Waals surface area contributed by atoms with E-state index in [0.29, 0.717) is 0 Å². The quantitative estimate of drug-likeness (QED) is 0.686. The maximum Gasteiger partial charge on any atom is 0.0593 e. The van der Waals surface area contributed by atoms with Crippen LogP contribution in [0.2, 0.25) is 0 Å². The van der Waals surface area contributed by atoms with Gasteiger partial charge in [-0.05, 0) is 30.9 Å². The van der Waals surface area contributed by atoms with Crippen molar-refractivity contribution in [3.63, 3.8) is 0 Å². The van der Waals surface area contributed by atoms with Gasteiger partial charge < -0.3 is 9.64 Å². The molecule has 1 aromatic carbocycles. The first kappa shape index (κ1) is 13.6. The van der Waals surface area contributed by atoms with Crippen molar-refractivity contribution in [1.29, 1.82) is 0 Å². The molecular weight excluding hydrogens is 222 g/mol. The highest BCUT2D eigenvalue weighted by Crippen LogP contribution is 2.26. The summed E-state index contributed by atoms with van der Waals surface area (Å²) >= 11 is 0. The molecule has 0 saturated carbocycles. The molecule has 1 fully saturated rings. The Morgan fingerprint density at radius 2 is 2.06 bits per heavy atom. The number of unbranched alkanes of at least 4 members (excludes halogenated alkanes) is 1. The molecule has 0 amide bonds. The highest BCUT2D eigenvalue weighted by Gasteiger charge is 2.22. The molecule has 18 heavy (non-hydrogen) atoms. The predicted molar refractivity (Wildman–Crippen MR) is 76.0 cm³/mol. The van der Waals surface area contributed by atoms with E-state index in [9.17, 15) is 0 Å². The molecule has 2 nitrogen and oxygen atoms in total. The molecule has 1 unspecified atom stereocenters. The van der Waals surface area contributed by atoms with Crippen LogP contribution in [0.15, 0.2) is 30.3 Å². The average molecular weight is 247 g/mol. The molecule has 1 aliphatic heterocycles. The van der Waals surface area contributed by atoms with Gasteiger partial charge in [-0.25, -0.2) is 0 Å². The summed E-state index contributed by atoms with van der Waals surface area (Å²) in [5.74, 6) is 0.724. The second-order valence-corrected chi connectivity index (χ2v) is 5.16. The molecule has 2 heteroatoms. The minimum atomic E-state index is 0.724. The van der Waals surface area contributed by atoms with Crippen LogP contribution in [0.1, 0.15) is 37.7 Å². The zero-order valence-corrected chi connectivity index (χ0v) is 11.5. The van der Waals surface area contributed by atoms with Gasteiger partial charge in [-0.2, -0.15) is 0 Å². The van der Waals surface area contributed by atoms with Crippen molar-refractivity contribution >= 4 is 0 Å². The fourth-order valence-corrected chi connectivity index (χ4v) is 2.58. The Bertz CT molecular complexity index is 325. The lowest BCUT2D eigenvalue weighted by atomic mass is 9.99. The van der Waals surface area contributed by atoms with Crippen LogP contribution in [0.5, 0.6) is 0 Å². The molecule has 0 bridgehead atoms. The van der Waals surface area contributed by atoms with Gasteiger partial charge in [-0.1, -0.05) is 43.7 Å². The molecule has 1 aliphatic rings. The second kappa shape index (κ2) is 7.55. The topological polar surface area (TPSA) is 12.5 Å². The summed E-state index contributed by atoms with van der Waals surface area (Å²) in [7, 11) is 0. The molecule has 2 rings (SSSR count). The van der Waals surface area contributed by atoms with Crippen molar-refractivity contribution in [2.24, 2.45) is 0 Å². The van der Waals surface area contributed by atoms with Crippen molar-refractivity contribution < 1.29 is 4.74 Å². The summed E-state index contributed by atoms with van der Waals surface area (Å²) in [5, 5.41) is 0. The SMILES string of the molecule is CCCCOCCN1CCC(c2ccccc2)C1. The van der Waals surface area contributed by atoms with Crippen molar-refractivity contribution in [1.82, 2.24) is 4.90 Å². The van der Waals surface area contributed by atoms with Gasteiger partial charge in [0.1, 0.15) is 0 Å². The van der Waals surface area contributed by atoms with E-state index in [2.05, 4.69) is 42.2 Å². The minimum Gasteiger partial charge on any atom is -0.380 e. The minimum absolute atomic E-state index is 0.724. The van der Waals surface area contributed by atoms with E-state index in [4.69, 9.17) is 4.74 Å². The van der Waals surface area contributed by atoms with Crippen LogP contribution in [0.25, 0.3) is 0 Å². The van der Waals surface area contributed by atoms with E-state index >= 15 is 0 Å². The van der Waals surface area contributed by atoms with Gasteiger partial charge in [0.05, 0.1) is 6.61 Å². The predicted octanol–water partition coefficient (Wildman–Crippen LogP) is 3.29. The molecule has 0 spiro atoms. The van der Waals surface area contributed by atoms with Crippen molar-refractivity contribution in [3.05, 3.63) is 35.9 Å². The van der Waals surface area contributed by atoms with E-state index in [0.717, 1.165) is 25.7 Å². The van der Waals surface area contributed by atoms with Crippen LogP contribution in [0.4, 0.5) is 0 Å². The van der Waals surface area contributed by atoms with Gasteiger partial charge in [0.25, 0.3) is 0 Å². The van der Waals surface area contributed by atoms with Crippen LogP contribution in [-0.4, -0.2) is 37.7 Å². The molecule has 1 saturated heterocycles. The highest BCUT2D eigenvalue weighted by molar-refractivity contribution is 5.20. The van der Waals surface area contributed by atoms with Crippen LogP contribution >= 0.6 is 0 Å². The third kappa shape index (κ3) is 4.11. The second-order valence-electron chi connectivity index (χ2n) is 5.16. The molecular formula is C16H25NO. The van der Waals surface area contributed by atoms with Gasteiger partial charge in [0, 0.05) is 19.7 Å². The van der Waals surface area contributed by atoms with Gasteiger partial charge in [0.2, 0.25) is 0 Å². The summed E-state index contributed by atoms with van der Waals surface area (Å²) < 4.78 is 5.64. The number of rotatable bonds is 7. The normalized spacial score (nSPS) is 20.4. The molecule has 0 radical (unpaired) electrons. The van der Waals surface area contributed by atoms with Crippen molar-refractivity contribution in [3.8, 4) is 0 Å². The van der Waals surface area contributed by atoms with Crippen molar-refractivity contribution in [2.45, 2.75) is 32.1 Å². The summed E-state index contributed by atoms with van der Waals surface area (Å²) in [4.78, 5) is 2.53. The number of benzene rings is 1. The molecule has 1 atom stereocenters. The van der Waals surface area contributed by atoms with Gasteiger partial charge in [-0.15, -0.1) is 0 Å². The Balaban J connectivity index is 1.66. The fraction of sp³-hybridized carbons (Fsp3) is 0.625. The van der Waals surface area contributed by atoms with Crippen LogP contribution in [0, 0.1) is 0 Å². The zero-order chi connectivity index (χ0) is 12.6. The molecule has 100 valence electrons. The molecule has 0 aliphatic carbocycles. The van der Waals surface area contributed by atoms with Gasteiger partial charge in [0.15, 0.2) is 0 Å². The van der Waals surface area contributed by atoms with Crippen LogP contribution in [0.3, 0.4) is 0 Å². The third-order valence-electron chi connectivity index (χ3n) is 3.74.